The normalized spacial score (nSPS) is 12.9. The lowest BCUT2D eigenvalue weighted by Crippen LogP contribution is -2.21. The molecule has 0 aliphatic heterocycles. The molecule has 4 heteroatoms. The van der Waals surface area contributed by atoms with E-state index in [2.05, 4.69) is 10.3 Å². The van der Waals surface area contributed by atoms with Gasteiger partial charge in [-0.3, -0.25) is 4.79 Å². The van der Waals surface area contributed by atoms with Gasteiger partial charge in [-0.25, -0.2) is 0 Å². The largest absolute Gasteiger partial charge is 0.394 e. The molecule has 0 aliphatic rings. The van der Waals surface area contributed by atoms with Crippen LogP contribution >= 0.6 is 0 Å². The first-order valence-electron chi connectivity index (χ1n) is 5.16. The highest BCUT2D eigenvalue weighted by Crippen LogP contribution is 2.20. The zero-order valence-corrected chi connectivity index (χ0v) is 9.03. The van der Waals surface area contributed by atoms with Crippen LogP contribution in [0.5, 0.6) is 0 Å². The number of benzene rings is 1. The van der Waals surface area contributed by atoms with E-state index >= 15 is 0 Å². The highest BCUT2D eigenvalue weighted by Gasteiger charge is 2.12. The van der Waals surface area contributed by atoms with Gasteiger partial charge in [-0.05, 0) is 24.1 Å². The Balaban J connectivity index is 2.71. The van der Waals surface area contributed by atoms with Gasteiger partial charge in [0.25, 0.3) is 5.56 Å². The highest BCUT2D eigenvalue weighted by molar-refractivity contribution is 5.84. The van der Waals surface area contributed by atoms with Gasteiger partial charge in [0.1, 0.15) is 0 Å². The van der Waals surface area contributed by atoms with Gasteiger partial charge in [-0.2, -0.15) is 0 Å². The Morgan fingerprint density at radius 2 is 2.06 bits per heavy atom. The molecule has 1 unspecified atom stereocenters. The van der Waals surface area contributed by atoms with Crippen LogP contribution in [0.25, 0.3) is 10.8 Å². The van der Waals surface area contributed by atoms with Crippen molar-refractivity contribution in [2.45, 2.75) is 6.04 Å². The van der Waals surface area contributed by atoms with E-state index in [1.807, 2.05) is 18.2 Å². The van der Waals surface area contributed by atoms with Crippen molar-refractivity contribution in [3.8, 4) is 0 Å². The summed E-state index contributed by atoms with van der Waals surface area (Å²) in [6.07, 6.45) is 1.65. The van der Waals surface area contributed by atoms with Gasteiger partial charge < -0.3 is 15.4 Å². The van der Waals surface area contributed by atoms with Crippen molar-refractivity contribution in [1.82, 2.24) is 10.3 Å². The molecule has 0 fully saturated rings. The monoisotopic (exact) mass is 218 g/mol. The summed E-state index contributed by atoms with van der Waals surface area (Å²) >= 11 is 0. The number of H-pyrrole nitrogens is 1. The average molecular weight is 218 g/mol. The standard InChI is InChI=1S/C12H14N2O2/c1-13-11(7-15)10-6-14-12(16)9-5-3-2-4-8(9)10/h2-6,11,13,15H,7H2,1H3,(H,14,16). The number of aromatic amines is 1. The van der Waals surface area contributed by atoms with Gasteiger partial charge in [0.05, 0.1) is 12.6 Å². The fourth-order valence-electron chi connectivity index (χ4n) is 1.87. The summed E-state index contributed by atoms with van der Waals surface area (Å²) in [5, 5.41) is 13.8. The van der Waals surface area contributed by atoms with Crippen molar-refractivity contribution in [3.63, 3.8) is 0 Å². The number of likely N-dealkylation sites (N-methyl/N-ethyl adjacent to an activating group) is 1. The Kier molecular flexibility index (Phi) is 3.03. The van der Waals surface area contributed by atoms with Crippen molar-refractivity contribution in [1.29, 1.82) is 0 Å². The number of hydrogen-bond donors (Lipinski definition) is 3. The maximum absolute atomic E-state index is 11.6. The zero-order chi connectivity index (χ0) is 11.5. The molecule has 0 saturated carbocycles. The van der Waals surface area contributed by atoms with E-state index < -0.39 is 0 Å². The lowest BCUT2D eigenvalue weighted by Gasteiger charge is -2.15. The van der Waals surface area contributed by atoms with Crippen molar-refractivity contribution >= 4 is 10.8 Å². The van der Waals surface area contributed by atoms with E-state index in [0.717, 1.165) is 10.9 Å². The van der Waals surface area contributed by atoms with Gasteiger partial charge in [0, 0.05) is 11.6 Å². The third kappa shape index (κ3) is 1.73. The van der Waals surface area contributed by atoms with Crippen LogP contribution < -0.4 is 10.9 Å². The number of aliphatic hydroxyl groups excluding tert-OH is 1. The number of fused-ring (bicyclic) bond motifs is 1. The first-order chi connectivity index (χ1) is 7.77. The van der Waals surface area contributed by atoms with Crippen LogP contribution in [0, 0.1) is 0 Å². The zero-order valence-electron chi connectivity index (χ0n) is 9.03. The van der Waals surface area contributed by atoms with E-state index in [4.69, 9.17) is 0 Å². The molecule has 0 aliphatic carbocycles. The number of rotatable bonds is 3. The molecule has 3 N–H and O–H groups in total. The summed E-state index contributed by atoms with van der Waals surface area (Å²) in [5.41, 5.74) is 0.798. The predicted octanol–water partition coefficient (Wildman–Crippen LogP) is 0.781. The molecule has 1 atom stereocenters. The summed E-state index contributed by atoms with van der Waals surface area (Å²) in [6, 6.07) is 7.22. The Morgan fingerprint density at radius 3 is 2.69 bits per heavy atom. The second-order valence-electron chi connectivity index (χ2n) is 3.64. The van der Waals surface area contributed by atoms with Crippen LogP contribution in [-0.4, -0.2) is 23.7 Å². The molecule has 1 aromatic carbocycles. The summed E-state index contributed by atoms with van der Waals surface area (Å²) in [5.74, 6) is 0. The molecule has 0 saturated heterocycles. The third-order valence-corrected chi connectivity index (χ3v) is 2.75. The van der Waals surface area contributed by atoms with Crippen molar-refractivity contribution in [2.24, 2.45) is 0 Å². The Hall–Kier alpha value is -1.65. The molecule has 0 spiro atoms. The first-order valence-corrected chi connectivity index (χ1v) is 5.16. The van der Waals surface area contributed by atoms with Crippen LogP contribution in [-0.2, 0) is 0 Å². The Labute approximate surface area is 92.9 Å². The van der Waals surface area contributed by atoms with Crippen LogP contribution in [0.2, 0.25) is 0 Å². The Morgan fingerprint density at radius 1 is 1.38 bits per heavy atom. The maximum atomic E-state index is 11.6. The first kappa shape index (κ1) is 10.9. The van der Waals surface area contributed by atoms with E-state index in [9.17, 15) is 9.90 Å². The Bertz CT molecular complexity index is 544. The number of pyridine rings is 1. The molecule has 84 valence electrons. The molecule has 1 heterocycles. The summed E-state index contributed by atoms with van der Waals surface area (Å²) < 4.78 is 0. The van der Waals surface area contributed by atoms with Crippen molar-refractivity contribution < 1.29 is 5.11 Å². The number of hydrogen-bond acceptors (Lipinski definition) is 3. The molecule has 4 nitrogen and oxygen atoms in total. The SMILES string of the molecule is CNC(CO)c1c[nH]c(=O)c2ccccc12. The number of aliphatic hydroxyl groups is 1. The van der Waals surface area contributed by atoms with Gasteiger partial charge in [0.15, 0.2) is 0 Å². The lowest BCUT2D eigenvalue weighted by molar-refractivity contribution is 0.251. The van der Waals surface area contributed by atoms with Gasteiger partial charge in [-0.15, -0.1) is 0 Å². The van der Waals surface area contributed by atoms with E-state index in [-0.39, 0.29) is 18.2 Å². The molecular weight excluding hydrogens is 204 g/mol. The van der Waals surface area contributed by atoms with Crippen molar-refractivity contribution in [3.05, 3.63) is 46.4 Å². The summed E-state index contributed by atoms with van der Waals surface area (Å²) in [6.45, 7) is -0.00740. The fraction of sp³-hybridized carbons (Fsp3) is 0.250. The van der Waals surface area contributed by atoms with E-state index in [1.54, 1.807) is 19.3 Å². The second-order valence-corrected chi connectivity index (χ2v) is 3.64. The quantitative estimate of drug-likeness (QED) is 0.713. The number of nitrogens with one attached hydrogen (secondary N) is 2. The minimum atomic E-state index is -0.165. The maximum Gasteiger partial charge on any atom is 0.255 e. The molecule has 0 bridgehead atoms. The lowest BCUT2D eigenvalue weighted by atomic mass is 10.0. The minimum absolute atomic E-state index is 0.00740. The summed E-state index contributed by atoms with van der Waals surface area (Å²) in [7, 11) is 1.78. The van der Waals surface area contributed by atoms with Crippen LogP contribution in [0.1, 0.15) is 11.6 Å². The molecule has 0 amide bonds. The molecule has 16 heavy (non-hydrogen) atoms. The van der Waals surface area contributed by atoms with E-state index in [0.29, 0.717) is 5.39 Å². The molecule has 2 rings (SSSR count). The average Bonchev–Trinajstić information content (AvgIpc) is 2.34. The highest BCUT2D eigenvalue weighted by atomic mass is 16.3. The second kappa shape index (κ2) is 4.47. The van der Waals surface area contributed by atoms with Crippen molar-refractivity contribution in [2.75, 3.05) is 13.7 Å². The topological polar surface area (TPSA) is 65.1 Å². The molecular formula is C12H14N2O2. The number of aromatic nitrogens is 1. The smallest absolute Gasteiger partial charge is 0.255 e. The van der Waals surface area contributed by atoms with Gasteiger partial charge in [-0.1, -0.05) is 18.2 Å². The third-order valence-electron chi connectivity index (χ3n) is 2.75. The predicted molar refractivity (Wildman–Crippen MR) is 63.5 cm³/mol. The van der Waals surface area contributed by atoms with Gasteiger partial charge in [0.2, 0.25) is 0 Å². The van der Waals surface area contributed by atoms with Crippen LogP contribution in [0.15, 0.2) is 35.3 Å². The van der Waals surface area contributed by atoms with Crippen LogP contribution in [0.4, 0.5) is 0 Å². The minimum Gasteiger partial charge on any atom is -0.394 e. The summed E-state index contributed by atoms with van der Waals surface area (Å²) in [4.78, 5) is 14.3. The van der Waals surface area contributed by atoms with E-state index in [1.165, 1.54) is 0 Å². The fourth-order valence-corrected chi connectivity index (χ4v) is 1.87. The molecule has 1 aromatic heterocycles. The molecule has 2 aromatic rings. The van der Waals surface area contributed by atoms with Crippen LogP contribution in [0.3, 0.4) is 0 Å². The van der Waals surface area contributed by atoms with Gasteiger partial charge >= 0.3 is 0 Å². The molecule has 0 radical (unpaired) electrons.